The molecule has 0 spiro atoms. The average Bonchev–Trinajstić information content (AvgIpc) is 3.23. The van der Waals surface area contributed by atoms with E-state index < -0.39 is 11.4 Å². The highest BCUT2D eigenvalue weighted by atomic mass is 32.2. The molecule has 0 aliphatic heterocycles. The Morgan fingerprint density at radius 2 is 1.42 bits per heavy atom. The fourth-order valence-electron chi connectivity index (χ4n) is 5.12. The first-order valence-electron chi connectivity index (χ1n) is 15.4. The highest BCUT2D eigenvalue weighted by molar-refractivity contribution is 7.74. The molecule has 0 bridgehead atoms. The van der Waals surface area contributed by atoms with Gasteiger partial charge in [-0.25, -0.2) is 9.19 Å². The van der Waals surface area contributed by atoms with Crippen molar-refractivity contribution in [1.29, 1.82) is 0 Å². The maximum absolute atomic E-state index is 10.9. The summed E-state index contributed by atoms with van der Waals surface area (Å²) < 4.78 is 29.0. The minimum absolute atomic E-state index is 0.217. The molecule has 0 amide bonds. The second kappa shape index (κ2) is 18.8. The van der Waals surface area contributed by atoms with Crippen LogP contribution < -0.4 is 9.92 Å². The van der Waals surface area contributed by atoms with Crippen molar-refractivity contribution in [3.05, 3.63) is 24.0 Å². The summed E-state index contributed by atoms with van der Waals surface area (Å²) in [6, 6.07) is 5.33. The zero-order valence-corrected chi connectivity index (χ0v) is 25.3. The highest BCUT2D eigenvalue weighted by Crippen LogP contribution is 2.25. The Morgan fingerprint density at radius 3 is 1.92 bits per heavy atom. The summed E-state index contributed by atoms with van der Waals surface area (Å²) in [5.41, 5.74) is 7.99. The van der Waals surface area contributed by atoms with Gasteiger partial charge in [0.25, 0.3) is 0 Å². The minimum atomic E-state index is -2.59. The average molecular weight is 549 g/mol. The van der Waals surface area contributed by atoms with Crippen molar-refractivity contribution in [1.82, 2.24) is 9.55 Å². The molecule has 2 N–H and O–H groups in total. The van der Waals surface area contributed by atoms with Crippen LogP contribution >= 0.6 is 0 Å². The quantitative estimate of drug-likeness (QED) is 0.111. The zero-order chi connectivity index (χ0) is 27.6. The van der Waals surface area contributed by atoms with E-state index in [1.807, 2.05) is 6.07 Å². The first-order chi connectivity index (χ1) is 18.4. The highest BCUT2D eigenvalue weighted by Gasteiger charge is 2.19. The topological polar surface area (TPSA) is 93.2 Å². The van der Waals surface area contributed by atoms with Crippen molar-refractivity contribution in [3.63, 3.8) is 0 Å². The van der Waals surface area contributed by atoms with Crippen molar-refractivity contribution in [2.24, 2.45) is 5.73 Å². The fourth-order valence-corrected chi connectivity index (χ4v) is 5.38. The number of hydrogen-bond acceptors (Lipinski definition) is 5. The molecule has 7 heteroatoms. The molecular formula is C31H54N3O3S-. The molecule has 0 aliphatic carbocycles. The summed E-state index contributed by atoms with van der Waals surface area (Å²) in [5.74, 6) is 1.31. The van der Waals surface area contributed by atoms with Gasteiger partial charge in [-0.1, -0.05) is 110 Å². The molecule has 2 unspecified atom stereocenters. The van der Waals surface area contributed by atoms with Gasteiger partial charge in [0, 0.05) is 24.6 Å². The van der Waals surface area contributed by atoms with Crippen LogP contribution in [0.1, 0.15) is 142 Å². The minimum Gasteiger partial charge on any atom is -0.740 e. The molecule has 1 aromatic carbocycles. The van der Waals surface area contributed by atoms with Crippen LogP contribution in [0, 0.1) is 0 Å². The van der Waals surface area contributed by atoms with Crippen molar-refractivity contribution < 1.29 is 12.9 Å². The molecule has 2 rings (SSSR count). The Labute approximate surface area is 235 Å². The molecule has 0 saturated carbocycles. The first kappa shape index (κ1) is 32.8. The van der Waals surface area contributed by atoms with Crippen LogP contribution in [-0.2, 0) is 24.3 Å². The molecular weight excluding hydrogens is 494 g/mol. The van der Waals surface area contributed by atoms with E-state index in [0.717, 1.165) is 49.1 Å². The molecule has 2 aromatic rings. The number of aromatic nitrogens is 2. The molecule has 1 heterocycles. The largest absolute Gasteiger partial charge is 0.740 e. The number of imidazole rings is 1. The van der Waals surface area contributed by atoms with E-state index in [9.17, 15) is 8.76 Å². The van der Waals surface area contributed by atoms with Gasteiger partial charge in [0.1, 0.15) is 22.9 Å². The number of nitrogens with two attached hydrogens (primary N) is 1. The van der Waals surface area contributed by atoms with Gasteiger partial charge < -0.3 is 19.0 Å². The van der Waals surface area contributed by atoms with Gasteiger partial charge in [0.15, 0.2) is 0 Å². The molecule has 0 radical (unpaired) electrons. The fraction of sp³-hybridized carbons (Fsp3) is 0.774. The van der Waals surface area contributed by atoms with Gasteiger partial charge >= 0.3 is 0 Å². The monoisotopic (exact) mass is 548 g/mol. The SMILES string of the molecule is CCCCCCCCCCCCCCCCCCn1c(CCC(C)(N)CC)nc2cc(OS(=O)[O-])ccc21. The van der Waals surface area contributed by atoms with Crippen LogP contribution in [0.3, 0.4) is 0 Å². The van der Waals surface area contributed by atoms with E-state index in [1.165, 1.54) is 96.3 Å². The van der Waals surface area contributed by atoms with Crippen LogP contribution in [0.5, 0.6) is 5.75 Å². The maximum atomic E-state index is 10.9. The normalized spacial score (nSPS) is 14.1. The van der Waals surface area contributed by atoms with Gasteiger partial charge in [0.05, 0.1) is 11.0 Å². The van der Waals surface area contributed by atoms with Gasteiger partial charge in [-0.15, -0.1) is 0 Å². The number of hydrogen-bond donors (Lipinski definition) is 1. The standard InChI is InChI=1S/C31H55N3O3S/c1-4-6-7-8-9-10-11-12-13-14-15-16-17-18-19-20-25-34-29-22-21-27(37-38(35)36)26-28(29)33-30(34)23-24-31(3,32)5-2/h21-22,26H,4-20,23-25,32H2,1-3H3,(H,35,36)/p-1. The molecule has 38 heavy (non-hydrogen) atoms. The predicted molar refractivity (Wildman–Crippen MR) is 160 cm³/mol. The van der Waals surface area contributed by atoms with Crippen molar-refractivity contribution in [2.45, 2.75) is 155 Å². The lowest BCUT2D eigenvalue weighted by Gasteiger charge is -2.22. The van der Waals surface area contributed by atoms with Crippen molar-refractivity contribution >= 4 is 22.4 Å². The van der Waals surface area contributed by atoms with Gasteiger partial charge in [-0.3, -0.25) is 0 Å². The lowest BCUT2D eigenvalue weighted by atomic mass is 9.94. The van der Waals surface area contributed by atoms with E-state index in [4.69, 9.17) is 14.9 Å². The van der Waals surface area contributed by atoms with Crippen LogP contribution in [0.15, 0.2) is 18.2 Å². The number of rotatable bonds is 23. The van der Waals surface area contributed by atoms with Crippen LogP contribution in [0.2, 0.25) is 0 Å². The lowest BCUT2D eigenvalue weighted by molar-refractivity contribution is 0.410. The first-order valence-corrected chi connectivity index (χ1v) is 16.4. The summed E-state index contributed by atoms with van der Waals surface area (Å²) >= 11 is -2.59. The number of nitrogens with zero attached hydrogens (tertiary/aromatic N) is 2. The Balaban J connectivity index is 1.70. The van der Waals surface area contributed by atoms with E-state index in [2.05, 4.69) is 25.3 Å². The van der Waals surface area contributed by atoms with Crippen molar-refractivity contribution in [2.75, 3.05) is 0 Å². The van der Waals surface area contributed by atoms with Crippen LogP contribution in [-0.4, -0.2) is 23.9 Å². The molecule has 1 aromatic heterocycles. The Kier molecular flexibility index (Phi) is 16.2. The second-order valence-corrected chi connectivity index (χ2v) is 12.0. The molecule has 0 fully saturated rings. The third kappa shape index (κ3) is 13.1. The summed E-state index contributed by atoms with van der Waals surface area (Å²) in [4.78, 5) is 4.84. The molecule has 218 valence electrons. The number of unbranched alkanes of at least 4 members (excludes halogenated alkanes) is 15. The number of aryl methyl sites for hydroxylation is 2. The Bertz CT molecular complexity index is 928. The van der Waals surface area contributed by atoms with E-state index in [-0.39, 0.29) is 5.54 Å². The predicted octanol–water partition coefficient (Wildman–Crippen LogP) is 8.53. The zero-order valence-electron chi connectivity index (χ0n) is 24.5. The smallest absolute Gasteiger partial charge is 0.141 e. The summed E-state index contributed by atoms with van der Waals surface area (Å²) in [6.07, 6.45) is 24.3. The van der Waals surface area contributed by atoms with Crippen molar-refractivity contribution in [3.8, 4) is 5.75 Å². The van der Waals surface area contributed by atoms with Gasteiger partial charge in [-0.2, -0.15) is 0 Å². The van der Waals surface area contributed by atoms with Gasteiger partial charge in [0.2, 0.25) is 0 Å². The molecule has 0 aliphatic rings. The lowest BCUT2D eigenvalue weighted by Crippen LogP contribution is -2.35. The molecule has 2 atom stereocenters. The Morgan fingerprint density at radius 1 is 0.895 bits per heavy atom. The second-order valence-electron chi connectivity index (χ2n) is 11.4. The van der Waals surface area contributed by atoms with Crippen LogP contribution in [0.4, 0.5) is 0 Å². The Hall–Kier alpha value is -1.44. The third-order valence-corrected chi connectivity index (χ3v) is 8.25. The third-order valence-electron chi connectivity index (χ3n) is 7.93. The van der Waals surface area contributed by atoms with E-state index in [0.29, 0.717) is 5.75 Å². The number of fused-ring (bicyclic) bond motifs is 1. The summed E-state index contributed by atoms with van der Waals surface area (Å²) in [6.45, 7) is 7.41. The van der Waals surface area contributed by atoms with Crippen LogP contribution in [0.25, 0.3) is 11.0 Å². The molecule has 0 saturated heterocycles. The van der Waals surface area contributed by atoms with E-state index >= 15 is 0 Å². The number of benzene rings is 1. The maximum Gasteiger partial charge on any atom is 0.141 e. The van der Waals surface area contributed by atoms with Gasteiger partial charge in [-0.05, 0) is 38.3 Å². The van der Waals surface area contributed by atoms with E-state index in [1.54, 1.807) is 12.1 Å². The summed E-state index contributed by atoms with van der Waals surface area (Å²) in [5, 5.41) is 0. The molecule has 6 nitrogen and oxygen atoms in total. The summed E-state index contributed by atoms with van der Waals surface area (Å²) in [7, 11) is 0.